The fourth-order valence-electron chi connectivity index (χ4n) is 4.33. The SMILES string of the molecule is Cc1ncccc1Oc1cc(Sc2ccnc3ccsc23)cnc1Nc1nc(C2CCN(S(N)(=O)=O)CC2)ns1. The largest absolute Gasteiger partial charge is 0.452 e. The van der Waals surface area contributed by atoms with Crippen LogP contribution in [0, 0.1) is 6.92 Å². The number of hydrogen-bond acceptors (Lipinski definition) is 12. The second kappa shape index (κ2) is 11.3. The molecule has 5 aromatic rings. The van der Waals surface area contributed by atoms with Gasteiger partial charge < -0.3 is 10.1 Å². The number of nitrogens with one attached hydrogen (secondary N) is 1. The van der Waals surface area contributed by atoms with Crippen LogP contribution in [0.15, 0.2) is 64.1 Å². The van der Waals surface area contributed by atoms with Gasteiger partial charge in [0, 0.05) is 65.0 Å². The van der Waals surface area contributed by atoms with E-state index in [1.807, 2.05) is 48.8 Å². The van der Waals surface area contributed by atoms with Gasteiger partial charge in [0.1, 0.15) is 11.6 Å². The average molecular weight is 613 g/mol. The van der Waals surface area contributed by atoms with E-state index in [0.29, 0.717) is 54.2 Å². The van der Waals surface area contributed by atoms with E-state index in [9.17, 15) is 8.42 Å². The van der Waals surface area contributed by atoms with Crippen LogP contribution < -0.4 is 15.2 Å². The molecule has 5 aromatic heterocycles. The summed E-state index contributed by atoms with van der Waals surface area (Å²) in [6, 6.07) is 9.63. The van der Waals surface area contributed by atoms with E-state index in [2.05, 4.69) is 29.6 Å². The number of fused-ring (bicyclic) bond motifs is 1. The molecule has 0 saturated carbocycles. The summed E-state index contributed by atoms with van der Waals surface area (Å²) >= 11 is 4.47. The highest BCUT2D eigenvalue weighted by molar-refractivity contribution is 7.99. The maximum atomic E-state index is 11.6. The van der Waals surface area contributed by atoms with Gasteiger partial charge in [-0.3, -0.25) is 9.97 Å². The predicted octanol–water partition coefficient (Wildman–Crippen LogP) is 5.32. The van der Waals surface area contributed by atoms with Crippen molar-refractivity contribution in [2.75, 3.05) is 18.4 Å². The van der Waals surface area contributed by atoms with E-state index in [1.54, 1.807) is 35.5 Å². The molecular formula is C25H24N8O3S4. The number of pyridine rings is 3. The van der Waals surface area contributed by atoms with E-state index < -0.39 is 10.2 Å². The molecule has 1 saturated heterocycles. The molecule has 40 heavy (non-hydrogen) atoms. The molecule has 15 heteroatoms. The summed E-state index contributed by atoms with van der Waals surface area (Å²) in [6.07, 6.45) is 6.54. The maximum absolute atomic E-state index is 11.6. The lowest BCUT2D eigenvalue weighted by Crippen LogP contribution is -2.41. The van der Waals surface area contributed by atoms with Crippen molar-refractivity contribution < 1.29 is 13.2 Å². The highest BCUT2D eigenvalue weighted by atomic mass is 32.2. The first kappa shape index (κ1) is 27.0. The summed E-state index contributed by atoms with van der Waals surface area (Å²) in [5.74, 6) is 2.38. The van der Waals surface area contributed by atoms with E-state index >= 15 is 0 Å². The third-order valence-corrected chi connectivity index (χ3v) is 10.2. The van der Waals surface area contributed by atoms with Gasteiger partial charge in [-0.25, -0.2) is 15.1 Å². The number of nitrogens with zero attached hydrogens (tertiary/aromatic N) is 6. The lowest BCUT2D eigenvalue weighted by Gasteiger charge is -2.28. The second-order valence-electron chi connectivity index (χ2n) is 9.05. The third kappa shape index (κ3) is 5.94. The Bertz CT molecular complexity index is 1770. The quantitative estimate of drug-likeness (QED) is 0.236. The number of thiophene rings is 1. The summed E-state index contributed by atoms with van der Waals surface area (Å²) in [5.41, 5.74) is 1.72. The molecule has 0 aliphatic carbocycles. The Kier molecular flexibility index (Phi) is 7.65. The predicted molar refractivity (Wildman–Crippen MR) is 157 cm³/mol. The molecule has 0 spiro atoms. The van der Waals surface area contributed by atoms with Crippen LogP contribution in [0.5, 0.6) is 11.5 Å². The van der Waals surface area contributed by atoms with Crippen molar-refractivity contribution >= 4 is 66.0 Å². The molecule has 6 rings (SSSR count). The van der Waals surface area contributed by atoms with Gasteiger partial charge in [0.25, 0.3) is 10.2 Å². The highest BCUT2D eigenvalue weighted by Crippen LogP contribution is 2.40. The zero-order valence-electron chi connectivity index (χ0n) is 21.2. The first-order chi connectivity index (χ1) is 19.3. The van der Waals surface area contributed by atoms with Gasteiger partial charge in [-0.15, -0.1) is 11.3 Å². The number of hydrogen-bond donors (Lipinski definition) is 2. The molecule has 1 fully saturated rings. The van der Waals surface area contributed by atoms with E-state index in [-0.39, 0.29) is 5.92 Å². The number of anilines is 2. The first-order valence-electron chi connectivity index (χ1n) is 12.3. The van der Waals surface area contributed by atoms with Gasteiger partial charge in [0.2, 0.25) is 5.13 Å². The van der Waals surface area contributed by atoms with Crippen LogP contribution in [0.3, 0.4) is 0 Å². The Labute approximate surface area is 243 Å². The Morgan fingerprint density at radius 3 is 2.77 bits per heavy atom. The Morgan fingerprint density at radius 2 is 1.98 bits per heavy atom. The van der Waals surface area contributed by atoms with Crippen molar-refractivity contribution in [3.63, 3.8) is 0 Å². The monoisotopic (exact) mass is 612 g/mol. The van der Waals surface area contributed by atoms with Crippen LogP contribution in [0.2, 0.25) is 0 Å². The molecule has 11 nitrogen and oxygen atoms in total. The summed E-state index contributed by atoms with van der Waals surface area (Å²) in [7, 11) is -3.68. The second-order valence-corrected chi connectivity index (χ2v) is 13.4. The van der Waals surface area contributed by atoms with Crippen LogP contribution >= 0.6 is 34.6 Å². The Morgan fingerprint density at radius 1 is 1.12 bits per heavy atom. The van der Waals surface area contributed by atoms with Gasteiger partial charge in [0.05, 0.1) is 15.9 Å². The number of aromatic nitrogens is 5. The van der Waals surface area contributed by atoms with Crippen molar-refractivity contribution in [2.24, 2.45) is 5.14 Å². The van der Waals surface area contributed by atoms with Crippen molar-refractivity contribution in [1.82, 2.24) is 28.6 Å². The average Bonchev–Trinajstić information content (AvgIpc) is 3.62. The zero-order chi connectivity index (χ0) is 27.7. The number of aryl methyl sites for hydroxylation is 1. The Hall–Kier alpha value is -3.21. The van der Waals surface area contributed by atoms with E-state index in [1.165, 1.54) is 15.8 Å². The minimum Gasteiger partial charge on any atom is -0.452 e. The van der Waals surface area contributed by atoms with Crippen LogP contribution in [0.1, 0.15) is 30.3 Å². The van der Waals surface area contributed by atoms with Crippen LogP contribution in [0.4, 0.5) is 10.9 Å². The number of ether oxygens (including phenoxy) is 1. The molecule has 0 bridgehead atoms. The molecular weight excluding hydrogens is 589 g/mol. The normalized spacial score (nSPS) is 14.9. The molecule has 0 aromatic carbocycles. The summed E-state index contributed by atoms with van der Waals surface area (Å²) in [4.78, 5) is 20.1. The van der Waals surface area contributed by atoms with Gasteiger partial charge in [-0.05, 0) is 49.4 Å². The molecule has 6 heterocycles. The summed E-state index contributed by atoms with van der Waals surface area (Å²) < 4.78 is 36.5. The minimum atomic E-state index is -3.68. The minimum absolute atomic E-state index is 0.0553. The van der Waals surface area contributed by atoms with Crippen LogP contribution in [0.25, 0.3) is 10.2 Å². The standard InChI is InChI=1S/C25H24N8O3S4/c1-15-19(3-2-8-27-15)36-20-13-17(38-21-4-9-28-18-7-12-37-22(18)21)14-29-24(20)31-25-30-23(32-39-25)16-5-10-33(11-6-16)40(26,34)35/h2-4,7-9,12-14,16H,5-6,10-11H2,1H3,(H2,26,34,35)(H,29,30,31,32). The summed E-state index contributed by atoms with van der Waals surface area (Å²) in [6.45, 7) is 2.59. The van der Waals surface area contributed by atoms with Gasteiger partial charge in [-0.1, -0.05) is 11.8 Å². The van der Waals surface area contributed by atoms with E-state index in [0.717, 1.165) is 25.7 Å². The van der Waals surface area contributed by atoms with Crippen molar-refractivity contribution in [3.8, 4) is 11.5 Å². The molecule has 206 valence electrons. The molecule has 0 amide bonds. The van der Waals surface area contributed by atoms with Crippen molar-refractivity contribution in [2.45, 2.75) is 35.5 Å². The smallest absolute Gasteiger partial charge is 0.276 e. The maximum Gasteiger partial charge on any atom is 0.276 e. The Balaban J connectivity index is 1.25. The lowest BCUT2D eigenvalue weighted by atomic mass is 9.98. The molecule has 0 unspecified atom stereocenters. The van der Waals surface area contributed by atoms with Gasteiger partial charge in [-0.2, -0.15) is 17.1 Å². The fraction of sp³-hybridized carbons (Fsp3) is 0.240. The number of piperidine rings is 1. The zero-order valence-corrected chi connectivity index (χ0v) is 24.5. The van der Waals surface area contributed by atoms with Crippen molar-refractivity contribution in [1.29, 1.82) is 0 Å². The topological polar surface area (TPSA) is 149 Å². The molecule has 3 N–H and O–H groups in total. The molecule has 0 radical (unpaired) electrons. The van der Waals surface area contributed by atoms with Gasteiger partial charge >= 0.3 is 0 Å². The third-order valence-electron chi connectivity index (χ3n) is 6.39. The van der Waals surface area contributed by atoms with E-state index in [4.69, 9.17) is 9.88 Å². The number of nitrogens with two attached hydrogens (primary N) is 1. The van der Waals surface area contributed by atoms with Crippen LogP contribution in [-0.4, -0.2) is 50.1 Å². The molecule has 0 atom stereocenters. The van der Waals surface area contributed by atoms with Crippen molar-refractivity contribution in [3.05, 3.63) is 65.8 Å². The van der Waals surface area contributed by atoms with Crippen LogP contribution in [-0.2, 0) is 10.2 Å². The summed E-state index contributed by atoms with van der Waals surface area (Å²) in [5, 5.41) is 11.1. The number of rotatable bonds is 8. The van der Waals surface area contributed by atoms with Gasteiger partial charge in [0.15, 0.2) is 11.6 Å². The lowest BCUT2D eigenvalue weighted by molar-refractivity contribution is 0.315. The highest BCUT2D eigenvalue weighted by Gasteiger charge is 2.28. The fourth-order valence-corrected chi connectivity index (χ4v) is 7.57. The first-order valence-corrected chi connectivity index (χ1v) is 16.3. The molecule has 1 aliphatic heterocycles. The molecule has 1 aliphatic rings.